The quantitative estimate of drug-likeness (QED) is 0.306. The Kier molecular flexibility index (Phi) is 6.85. The van der Waals surface area contributed by atoms with Gasteiger partial charge in [-0.3, -0.25) is 0 Å². The third kappa shape index (κ3) is 6.04. The fourth-order valence-corrected chi connectivity index (χ4v) is 1.01. The molecule has 0 saturated heterocycles. The predicted molar refractivity (Wildman–Crippen MR) is 62.8 cm³/mol. The third-order valence-corrected chi connectivity index (χ3v) is 1.78. The van der Waals surface area contributed by atoms with E-state index in [1.54, 1.807) is 7.11 Å². The SMILES string of the molecule is COCCOCOC=C=Cc1ccccc1. The summed E-state index contributed by atoms with van der Waals surface area (Å²) < 4.78 is 15.0. The molecular weight excluding hydrogens is 204 g/mol. The summed E-state index contributed by atoms with van der Waals surface area (Å²) >= 11 is 0. The fourth-order valence-electron chi connectivity index (χ4n) is 1.01. The minimum atomic E-state index is 0.221. The topological polar surface area (TPSA) is 27.7 Å². The first-order valence-corrected chi connectivity index (χ1v) is 5.08. The minimum absolute atomic E-state index is 0.221. The lowest BCUT2D eigenvalue weighted by Crippen LogP contribution is -2.03. The highest BCUT2D eigenvalue weighted by molar-refractivity contribution is 5.47. The molecule has 0 bridgehead atoms. The zero-order valence-corrected chi connectivity index (χ0v) is 9.39. The van der Waals surface area contributed by atoms with Gasteiger partial charge >= 0.3 is 0 Å². The Morgan fingerprint density at radius 1 is 1.19 bits per heavy atom. The van der Waals surface area contributed by atoms with Crippen LogP contribution in [0.3, 0.4) is 0 Å². The summed E-state index contributed by atoms with van der Waals surface area (Å²) in [5, 5.41) is 0. The highest BCUT2D eigenvalue weighted by Crippen LogP contribution is 1.99. The molecule has 0 radical (unpaired) electrons. The Morgan fingerprint density at radius 2 is 2.00 bits per heavy atom. The molecule has 1 aromatic rings. The first-order chi connectivity index (χ1) is 7.93. The zero-order valence-electron chi connectivity index (χ0n) is 9.39. The van der Waals surface area contributed by atoms with Crippen LogP contribution in [0.4, 0.5) is 0 Å². The van der Waals surface area contributed by atoms with Crippen molar-refractivity contribution in [2.45, 2.75) is 0 Å². The molecule has 16 heavy (non-hydrogen) atoms. The molecule has 0 atom stereocenters. The maximum Gasteiger partial charge on any atom is 0.189 e. The van der Waals surface area contributed by atoms with Gasteiger partial charge in [-0.2, -0.15) is 0 Å². The monoisotopic (exact) mass is 220 g/mol. The molecule has 0 aliphatic rings. The van der Waals surface area contributed by atoms with Crippen LogP contribution in [0.2, 0.25) is 0 Å². The maximum absolute atomic E-state index is 5.09. The second kappa shape index (κ2) is 8.74. The largest absolute Gasteiger partial charge is 0.467 e. The van der Waals surface area contributed by atoms with Crippen LogP contribution in [0.1, 0.15) is 5.56 Å². The first kappa shape index (κ1) is 12.5. The summed E-state index contributed by atoms with van der Waals surface area (Å²) in [6.45, 7) is 1.33. The van der Waals surface area contributed by atoms with Crippen LogP contribution in [0.15, 0.2) is 42.3 Å². The molecule has 0 fully saturated rings. The number of methoxy groups -OCH3 is 1. The molecule has 0 saturated carbocycles. The van der Waals surface area contributed by atoms with Crippen LogP contribution < -0.4 is 0 Å². The van der Waals surface area contributed by atoms with E-state index in [-0.39, 0.29) is 6.79 Å². The molecule has 0 aromatic heterocycles. The number of rotatable bonds is 7. The van der Waals surface area contributed by atoms with Crippen molar-refractivity contribution < 1.29 is 14.2 Å². The van der Waals surface area contributed by atoms with Gasteiger partial charge in [0, 0.05) is 7.11 Å². The second-order valence-corrected chi connectivity index (χ2v) is 3.03. The van der Waals surface area contributed by atoms with Gasteiger partial charge < -0.3 is 14.2 Å². The molecular formula is C13H16O3. The van der Waals surface area contributed by atoms with Crippen molar-refractivity contribution in [3.05, 3.63) is 47.9 Å². The predicted octanol–water partition coefficient (Wildman–Crippen LogP) is 2.45. The van der Waals surface area contributed by atoms with Gasteiger partial charge in [-0.1, -0.05) is 36.1 Å². The Morgan fingerprint density at radius 3 is 2.75 bits per heavy atom. The van der Waals surface area contributed by atoms with E-state index in [1.165, 1.54) is 6.26 Å². The molecule has 3 nitrogen and oxygen atoms in total. The smallest absolute Gasteiger partial charge is 0.189 e. The van der Waals surface area contributed by atoms with E-state index in [0.29, 0.717) is 13.2 Å². The molecule has 1 aromatic carbocycles. The van der Waals surface area contributed by atoms with Crippen LogP contribution in [0, 0.1) is 0 Å². The third-order valence-electron chi connectivity index (χ3n) is 1.78. The van der Waals surface area contributed by atoms with E-state index in [0.717, 1.165) is 5.56 Å². The van der Waals surface area contributed by atoms with Crippen molar-refractivity contribution in [3.63, 3.8) is 0 Å². The number of benzene rings is 1. The van der Waals surface area contributed by atoms with Crippen molar-refractivity contribution in [2.75, 3.05) is 27.1 Å². The average molecular weight is 220 g/mol. The van der Waals surface area contributed by atoms with Gasteiger partial charge in [0.25, 0.3) is 0 Å². The summed E-state index contributed by atoms with van der Waals surface area (Å²) in [5.41, 5.74) is 3.99. The molecule has 0 unspecified atom stereocenters. The van der Waals surface area contributed by atoms with E-state index in [9.17, 15) is 0 Å². The molecule has 86 valence electrons. The van der Waals surface area contributed by atoms with Gasteiger partial charge in [0.2, 0.25) is 0 Å². The second-order valence-electron chi connectivity index (χ2n) is 3.03. The van der Waals surface area contributed by atoms with Crippen molar-refractivity contribution in [1.29, 1.82) is 0 Å². The lowest BCUT2D eigenvalue weighted by atomic mass is 10.2. The van der Waals surface area contributed by atoms with E-state index >= 15 is 0 Å². The van der Waals surface area contributed by atoms with Crippen LogP contribution in [-0.4, -0.2) is 27.1 Å². The van der Waals surface area contributed by atoms with Gasteiger partial charge in [-0.25, -0.2) is 0 Å². The van der Waals surface area contributed by atoms with Crippen molar-refractivity contribution >= 4 is 6.08 Å². The van der Waals surface area contributed by atoms with E-state index in [1.807, 2.05) is 36.4 Å². The molecule has 0 spiro atoms. The normalized spacial score (nSPS) is 9.31. The lowest BCUT2D eigenvalue weighted by molar-refractivity contribution is -0.0296. The summed E-state index contributed by atoms with van der Waals surface area (Å²) in [6.07, 6.45) is 3.33. The summed E-state index contributed by atoms with van der Waals surface area (Å²) in [7, 11) is 1.63. The molecule has 3 heteroatoms. The highest BCUT2D eigenvalue weighted by atomic mass is 16.7. The molecule has 0 heterocycles. The summed E-state index contributed by atoms with van der Waals surface area (Å²) in [6, 6.07) is 9.91. The highest BCUT2D eigenvalue weighted by Gasteiger charge is 1.84. The summed E-state index contributed by atoms with van der Waals surface area (Å²) in [4.78, 5) is 0. The molecule has 0 N–H and O–H groups in total. The molecule has 0 amide bonds. The van der Waals surface area contributed by atoms with E-state index < -0.39 is 0 Å². The van der Waals surface area contributed by atoms with E-state index in [4.69, 9.17) is 14.2 Å². The van der Waals surface area contributed by atoms with Crippen molar-refractivity contribution in [1.82, 2.24) is 0 Å². The van der Waals surface area contributed by atoms with Gasteiger partial charge in [-0.15, -0.1) is 0 Å². The van der Waals surface area contributed by atoms with Crippen LogP contribution in [0.25, 0.3) is 6.08 Å². The van der Waals surface area contributed by atoms with Gasteiger partial charge in [0.1, 0.15) is 6.26 Å². The minimum Gasteiger partial charge on any atom is -0.467 e. The van der Waals surface area contributed by atoms with Crippen LogP contribution in [-0.2, 0) is 14.2 Å². The Bertz CT molecular complexity index is 326. The van der Waals surface area contributed by atoms with Crippen molar-refractivity contribution in [2.24, 2.45) is 0 Å². The average Bonchev–Trinajstić information content (AvgIpc) is 2.34. The van der Waals surface area contributed by atoms with Gasteiger partial charge in [0.05, 0.1) is 13.2 Å². The Balaban J connectivity index is 2.15. The molecule has 0 aliphatic carbocycles. The van der Waals surface area contributed by atoms with Gasteiger partial charge in [-0.05, 0) is 11.6 Å². The number of hydrogen-bond acceptors (Lipinski definition) is 3. The van der Waals surface area contributed by atoms with Gasteiger partial charge in [0.15, 0.2) is 6.79 Å². The number of hydrogen-bond donors (Lipinski definition) is 0. The maximum atomic E-state index is 5.09. The first-order valence-electron chi connectivity index (χ1n) is 5.08. The Hall–Kier alpha value is -1.54. The van der Waals surface area contributed by atoms with Crippen molar-refractivity contribution in [3.8, 4) is 0 Å². The summed E-state index contributed by atoms with van der Waals surface area (Å²) in [5.74, 6) is 0. The fraction of sp³-hybridized carbons (Fsp3) is 0.308. The van der Waals surface area contributed by atoms with Crippen LogP contribution >= 0.6 is 0 Å². The molecule has 0 aliphatic heterocycles. The van der Waals surface area contributed by atoms with E-state index in [2.05, 4.69) is 5.73 Å². The van der Waals surface area contributed by atoms with Crippen LogP contribution in [0.5, 0.6) is 0 Å². The number of ether oxygens (including phenoxy) is 3. The standard InChI is InChI=1S/C13H16O3/c1-14-10-11-16-12-15-9-5-8-13-6-3-2-4-7-13/h2-4,6-9H,10-12H2,1H3. The lowest BCUT2D eigenvalue weighted by Gasteiger charge is -2.00. The zero-order chi connectivity index (χ0) is 11.5. The Labute approximate surface area is 95.9 Å². The molecule has 1 rings (SSSR count).